The summed E-state index contributed by atoms with van der Waals surface area (Å²) in [6.45, 7) is 8.15. The number of aryl methyl sites for hydroxylation is 1. The zero-order valence-corrected chi connectivity index (χ0v) is 17.8. The summed E-state index contributed by atoms with van der Waals surface area (Å²) >= 11 is 0. The maximum atomic E-state index is 13.2. The second kappa shape index (κ2) is 8.54. The Morgan fingerprint density at radius 2 is 1.93 bits per heavy atom. The maximum Gasteiger partial charge on any atom is 0.292 e. The number of amides is 2. The van der Waals surface area contributed by atoms with Crippen molar-refractivity contribution in [1.29, 1.82) is 5.26 Å². The molecule has 2 aliphatic rings. The van der Waals surface area contributed by atoms with E-state index >= 15 is 0 Å². The molecule has 0 bridgehead atoms. The fraction of sp³-hybridized carbons (Fsp3) is 0.714. The summed E-state index contributed by atoms with van der Waals surface area (Å²) in [5.41, 5.74) is -0.0162. The molecule has 0 spiro atoms. The van der Waals surface area contributed by atoms with Gasteiger partial charge in [-0.15, -0.1) is 0 Å². The molecule has 2 fully saturated rings. The number of carbonyl (C=O) groups is 2. The smallest absolute Gasteiger partial charge is 0.292 e. The van der Waals surface area contributed by atoms with Gasteiger partial charge in [0, 0.05) is 39.3 Å². The third-order valence-electron chi connectivity index (χ3n) is 6.63. The number of nitriles is 1. The molecule has 0 N–H and O–H groups in total. The molecule has 1 aliphatic heterocycles. The lowest BCUT2D eigenvalue weighted by Crippen LogP contribution is -2.59. The Morgan fingerprint density at radius 3 is 2.45 bits per heavy atom. The molecule has 1 atom stereocenters. The Morgan fingerprint density at radius 1 is 1.31 bits per heavy atom. The van der Waals surface area contributed by atoms with Crippen LogP contribution < -0.4 is 0 Å². The number of carbonyl (C=O) groups excluding carboxylic acids is 2. The van der Waals surface area contributed by atoms with Crippen molar-refractivity contribution in [3.63, 3.8) is 0 Å². The largest absolute Gasteiger partial charge is 0.351 e. The highest BCUT2D eigenvalue weighted by atomic mass is 16.5. The van der Waals surface area contributed by atoms with Crippen molar-refractivity contribution >= 4 is 11.8 Å². The fourth-order valence-corrected chi connectivity index (χ4v) is 4.34. The first-order valence-electron chi connectivity index (χ1n) is 10.4. The summed E-state index contributed by atoms with van der Waals surface area (Å²) in [4.78, 5) is 31.2. The summed E-state index contributed by atoms with van der Waals surface area (Å²) in [6.07, 6.45) is 3.42. The normalized spacial score (nSPS) is 26.6. The van der Waals surface area contributed by atoms with E-state index in [1.165, 1.54) is 0 Å². The predicted molar refractivity (Wildman–Crippen MR) is 107 cm³/mol. The van der Waals surface area contributed by atoms with Crippen molar-refractivity contribution in [3.8, 4) is 6.07 Å². The van der Waals surface area contributed by atoms with Crippen LogP contribution in [0, 0.1) is 24.2 Å². The Hall–Kier alpha value is -2.40. The Bertz CT molecular complexity index is 782. The third kappa shape index (κ3) is 4.30. The maximum absolute atomic E-state index is 13.2. The van der Waals surface area contributed by atoms with Gasteiger partial charge in [0.25, 0.3) is 5.91 Å². The standard InChI is InChI=1S/C21H31N5O3/c1-15-5-7-21(14-22,8-6-15)24(4)19(27)17(3)25-9-11-26(12-10-25)20(28)18-13-16(2)23-29-18/h13,15,17H,5-12H2,1-4H3. The molecule has 1 saturated heterocycles. The number of rotatable bonds is 4. The number of aromatic nitrogens is 1. The van der Waals surface area contributed by atoms with E-state index in [0.29, 0.717) is 37.8 Å². The van der Waals surface area contributed by atoms with Gasteiger partial charge in [0.15, 0.2) is 0 Å². The van der Waals surface area contributed by atoms with Gasteiger partial charge in [-0.1, -0.05) is 12.1 Å². The molecule has 1 aromatic heterocycles. The van der Waals surface area contributed by atoms with Gasteiger partial charge in [-0.2, -0.15) is 5.26 Å². The van der Waals surface area contributed by atoms with Crippen molar-refractivity contribution in [2.24, 2.45) is 5.92 Å². The minimum absolute atomic E-state index is 0.0215. The number of nitrogens with zero attached hydrogens (tertiary/aromatic N) is 5. The van der Waals surface area contributed by atoms with E-state index in [2.05, 4.69) is 23.0 Å². The van der Waals surface area contributed by atoms with Gasteiger partial charge in [-0.25, -0.2) is 0 Å². The van der Waals surface area contributed by atoms with E-state index in [1.807, 2.05) is 6.92 Å². The van der Waals surface area contributed by atoms with E-state index in [1.54, 1.807) is 29.8 Å². The van der Waals surface area contributed by atoms with Crippen molar-refractivity contribution < 1.29 is 14.1 Å². The molecule has 1 unspecified atom stereocenters. The summed E-state index contributed by atoms with van der Waals surface area (Å²) in [6, 6.07) is 3.75. The van der Waals surface area contributed by atoms with Crippen LogP contribution in [0.25, 0.3) is 0 Å². The van der Waals surface area contributed by atoms with Gasteiger partial charge in [0.1, 0.15) is 5.54 Å². The van der Waals surface area contributed by atoms with E-state index in [4.69, 9.17) is 4.52 Å². The van der Waals surface area contributed by atoms with Crippen LogP contribution in [0.5, 0.6) is 0 Å². The minimum atomic E-state index is -0.695. The molecule has 1 aromatic rings. The summed E-state index contributed by atoms with van der Waals surface area (Å²) in [5.74, 6) is 0.673. The van der Waals surface area contributed by atoms with E-state index in [0.717, 1.165) is 25.7 Å². The molecule has 8 nitrogen and oxygen atoms in total. The van der Waals surface area contributed by atoms with Crippen LogP contribution in [0.15, 0.2) is 10.6 Å². The lowest BCUT2D eigenvalue weighted by atomic mass is 9.77. The van der Waals surface area contributed by atoms with E-state index < -0.39 is 5.54 Å². The number of likely N-dealkylation sites (N-methyl/N-ethyl adjacent to an activating group) is 1. The molecule has 2 amide bonds. The van der Waals surface area contributed by atoms with Gasteiger partial charge in [0.2, 0.25) is 11.7 Å². The Kier molecular flexibility index (Phi) is 6.27. The molecular formula is C21H31N5O3. The highest BCUT2D eigenvalue weighted by molar-refractivity contribution is 5.91. The Balaban J connectivity index is 1.58. The first-order valence-corrected chi connectivity index (χ1v) is 10.4. The number of hydrogen-bond acceptors (Lipinski definition) is 6. The van der Waals surface area contributed by atoms with Crippen molar-refractivity contribution in [1.82, 2.24) is 19.9 Å². The van der Waals surface area contributed by atoms with Crippen molar-refractivity contribution in [2.75, 3.05) is 33.2 Å². The topological polar surface area (TPSA) is 93.7 Å². The lowest BCUT2D eigenvalue weighted by molar-refractivity contribution is -0.141. The molecule has 0 radical (unpaired) electrons. The Labute approximate surface area is 172 Å². The van der Waals surface area contributed by atoms with Gasteiger partial charge >= 0.3 is 0 Å². The first kappa shape index (κ1) is 21.3. The molecule has 1 saturated carbocycles. The van der Waals surface area contributed by atoms with Crippen LogP contribution in [0.3, 0.4) is 0 Å². The molecule has 0 aromatic carbocycles. The zero-order valence-electron chi connectivity index (χ0n) is 17.8. The molecule has 158 valence electrons. The lowest BCUT2D eigenvalue weighted by Gasteiger charge is -2.44. The molecule has 29 heavy (non-hydrogen) atoms. The average Bonchev–Trinajstić information content (AvgIpc) is 3.19. The van der Waals surface area contributed by atoms with Crippen LogP contribution in [-0.4, -0.2) is 76.5 Å². The van der Waals surface area contributed by atoms with Gasteiger partial charge < -0.3 is 14.3 Å². The van der Waals surface area contributed by atoms with Crippen LogP contribution in [0.1, 0.15) is 55.8 Å². The van der Waals surface area contributed by atoms with Crippen LogP contribution in [0.2, 0.25) is 0 Å². The fourth-order valence-electron chi connectivity index (χ4n) is 4.34. The molecular weight excluding hydrogens is 370 g/mol. The van der Waals surface area contributed by atoms with E-state index in [-0.39, 0.29) is 23.6 Å². The van der Waals surface area contributed by atoms with Gasteiger partial charge in [0.05, 0.1) is 17.8 Å². The minimum Gasteiger partial charge on any atom is -0.351 e. The number of piperazine rings is 1. The van der Waals surface area contributed by atoms with Crippen LogP contribution in [-0.2, 0) is 4.79 Å². The quantitative estimate of drug-likeness (QED) is 0.767. The predicted octanol–water partition coefficient (Wildman–Crippen LogP) is 2.06. The summed E-state index contributed by atoms with van der Waals surface area (Å²) in [5, 5.41) is 13.6. The van der Waals surface area contributed by atoms with Crippen molar-refractivity contribution in [3.05, 3.63) is 17.5 Å². The van der Waals surface area contributed by atoms with Crippen LogP contribution >= 0.6 is 0 Å². The zero-order chi connectivity index (χ0) is 21.2. The monoisotopic (exact) mass is 401 g/mol. The molecule has 3 rings (SSSR count). The SMILES string of the molecule is Cc1cc(C(=O)N2CCN(C(C)C(=O)N(C)C3(C#N)CCC(C)CC3)CC2)on1. The second-order valence-electron chi connectivity index (χ2n) is 8.56. The first-order chi connectivity index (χ1) is 13.8. The van der Waals surface area contributed by atoms with Gasteiger partial charge in [-0.3, -0.25) is 14.5 Å². The highest BCUT2D eigenvalue weighted by Gasteiger charge is 2.42. The molecule has 8 heteroatoms. The van der Waals surface area contributed by atoms with Crippen LogP contribution in [0.4, 0.5) is 0 Å². The average molecular weight is 402 g/mol. The van der Waals surface area contributed by atoms with E-state index in [9.17, 15) is 14.9 Å². The molecule has 1 aliphatic carbocycles. The summed E-state index contributed by atoms with van der Waals surface area (Å²) in [7, 11) is 1.77. The van der Waals surface area contributed by atoms with Gasteiger partial charge in [-0.05, 0) is 45.4 Å². The third-order valence-corrected chi connectivity index (χ3v) is 6.63. The second-order valence-corrected chi connectivity index (χ2v) is 8.56. The summed E-state index contributed by atoms with van der Waals surface area (Å²) < 4.78 is 5.08. The van der Waals surface area contributed by atoms with Crippen molar-refractivity contribution in [2.45, 2.75) is 58.0 Å². The number of hydrogen-bond donors (Lipinski definition) is 0. The highest BCUT2D eigenvalue weighted by Crippen LogP contribution is 2.36. The molecule has 2 heterocycles.